The summed E-state index contributed by atoms with van der Waals surface area (Å²) in [5.41, 5.74) is 0.576. The molecule has 0 aromatic carbocycles. The van der Waals surface area contributed by atoms with Crippen molar-refractivity contribution in [2.75, 3.05) is 0 Å². The number of hydrogen-bond acceptors (Lipinski definition) is 3. The van der Waals surface area contributed by atoms with E-state index in [-0.39, 0.29) is 5.69 Å². The molecule has 0 amide bonds. The Morgan fingerprint density at radius 1 is 1.64 bits per heavy atom. The number of aromatic nitrogens is 1. The lowest BCUT2D eigenvalue weighted by Gasteiger charge is -1.92. The van der Waals surface area contributed by atoms with E-state index < -0.39 is 0 Å². The van der Waals surface area contributed by atoms with Crippen LogP contribution in [0.15, 0.2) is 12.1 Å². The van der Waals surface area contributed by atoms with Gasteiger partial charge in [0.1, 0.15) is 17.5 Å². The monoisotopic (exact) mass is 258 g/mol. The average Bonchev–Trinajstić information content (AvgIpc) is 2.03. The number of carbonyl (C=O) groups is 1. The quantitative estimate of drug-likeness (QED) is 0.564. The zero-order valence-corrected chi connectivity index (χ0v) is 7.57. The predicted octanol–water partition coefficient (Wildman–Crippen LogP) is 1.37. The second-order valence-electron chi connectivity index (χ2n) is 1.83. The molecule has 0 aliphatic rings. The van der Waals surface area contributed by atoms with E-state index >= 15 is 0 Å². The molecule has 4 heteroatoms. The fourth-order valence-electron chi connectivity index (χ4n) is 0.635. The molecule has 0 unspecified atom stereocenters. The van der Waals surface area contributed by atoms with E-state index in [0.717, 1.165) is 3.57 Å². The van der Waals surface area contributed by atoms with Crippen molar-refractivity contribution in [3.05, 3.63) is 27.1 Å². The summed E-state index contributed by atoms with van der Waals surface area (Å²) in [7, 11) is 0. The Balaban J connectivity index is 3.25. The predicted molar refractivity (Wildman–Crippen MR) is 47.1 cm³/mol. The fraction of sp³-hybridized carbons (Fsp3) is 0. The minimum atomic E-state index is 0.277. The van der Waals surface area contributed by atoms with Crippen LogP contribution in [0.2, 0.25) is 0 Å². The molecule has 0 fully saturated rings. The van der Waals surface area contributed by atoms with Crippen molar-refractivity contribution in [1.29, 1.82) is 5.26 Å². The van der Waals surface area contributed by atoms with Crippen molar-refractivity contribution < 1.29 is 4.79 Å². The zero-order valence-electron chi connectivity index (χ0n) is 5.41. The molecule has 1 heterocycles. The van der Waals surface area contributed by atoms with E-state index in [1.807, 2.05) is 28.7 Å². The van der Waals surface area contributed by atoms with Gasteiger partial charge in [0.05, 0.1) is 0 Å². The molecule has 0 aliphatic carbocycles. The van der Waals surface area contributed by atoms with Crippen LogP contribution in [0.1, 0.15) is 16.2 Å². The highest BCUT2D eigenvalue weighted by molar-refractivity contribution is 14.1. The average molecular weight is 258 g/mol. The highest BCUT2D eigenvalue weighted by Gasteiger charge is 1.97. The van der Waals surface area contributed by atoms with Crippen molar-refractivity contribution >= 4 is 28.9 Å². The molecule has 54 valence electrons. The number of pyridine rings is 1. The van der Waals surface area contributed by atoms with Crippen molar-refractivity contribution in [2.45, 2.75) is 0 Å². The third-order valence-corrected chi connectivity index (χ3v) is 1.67. The summed E-state index contributed by atoms with van der Waals surface area (Å²) in [6, 6.07) is 5.11. The molecule has 11 heavy (non-hydrogen) atoms. The summed E-state index contributed by atoms with van der Waals surface area (Å²) in [5, 5.41) is 8.45. The van der Waals surface area contributed by atoms with Crippen molar-refractivity contribution in [3.63, 3.8) is 0 Å². The molecule has 3 nitrogen and oxygen atoms in total. The Kier molecular flexibility index (Phi) is 2.54. The van der Waals surface area contributed by atoms with Gasteiger partial charge in [0.25, 0.3) is 0 Å². The van der Waals surface area contributed by atoms with Gasteiger partial charge in [0.15, 0.2) is 6.29 Å². The summed E-state index contributed by atoms with van der Waals surface area (Å²) in [6.07, 6.45) is 0.628. The molecular formula is C7H3IN2O. The standard InChI is InChI=1S/C7H3IN2O/c8-5-1-6(3-9)10-7(2-5)4-11/h1-2,4H. The fourth-order valence-corrected chi connectivity index (χ4v) is 1.25. The van der Waals surface area contributed by atoms with Crippen LogP contribution >= 0.6 is 22.6 Å². The van der Waals surface area contributed by atoms with Crippen LogP contribution in [-0.4, -0.2) is 11.3 Å². The Bertz CT molecular complexity index is 330. The molecule has 1 aromatic heterocycles. The Morgan fingerprint density at radius 3 is 2.91 bits per heavy atom. The summed E-state index contributed by atoms with van der Waals surface area (Å²) in [5.74, 6) is 0. The molecule has 0 aliphatic heterocycles. The lowest BCUT2D eigenvalue weighted by Crippen LogP contribution is -1.91. The van der Waals surface area contributed by atoms with Crippen LogP contribution < -0.4 is 0 Å². The van der Waals surface area contributed by atoms with Crippen LogP contribution in [0.3, 0.4) is 0 Å². The van der Waals surface area contributed by atoms with Crippen LogP contribution in [0.25, 0.3) is 0 Å². The first-order valence-electron chi connectivity index (χ1n) is 2.79. The third kappa shape index (κ3) is 1.98. The molecular weight excluding hydrogens is 255 g/mol. The molecule has 0 radical (unpaired) electrons. The number of hydrogen-bond donors (Lipinski definition) is 0. The van der Waals surface area contributed by atoms with Crippen LogP contribution in [0.4, 0.5) is 0 Å². The van der Waals surface area contributed by atoms with Gasteiger partial charge in [-0.1, -0.05) is 0 Å². The van der Waals surface area contributed by atoms with Crippen molar-refractivity contribution in [1.82, 2.24) is 4.98 Å². The van der Waals surface area contributed by atoms with E-state index in [1.54, 1.807) is 12.1 Å². The Morgan fingerprint density at radius 2 is 2.36 bits per heavy atom. The molecule has 0 bridgehead atoms. The lowest BCUT2D eigenvalue weighted by molar-refractivity contribution is 0.111. The first-order valence-corrected chi connectivity index (χ1v) is 3.87. The minimum Gasteiger partial charge on any atom is -0.296 e. The highest BCUT2D eigenvalue weighted by atomic mass is 127. The molecule has 0 spiro atoms. The van der Waals surface area contributed by atoms with E-state index in [4.69, 9.17) is 5.26 Å². The number of carbonyl (C=O) groups excluding carboxylic acids is 1. The van der Waals surface area contributed by atoms with Gasteiger partial charge in [-0.2, -0.15) is 5.26 Å². The summed E-state index contributed by atoms with van der Waals surface area (Å²) >= 11 is 2.03. The second kappa shape index (κ2) is 3.44. The van der Waals surface area contributed by atoms with Gasteiger partial charge >= 0.3 is 0 Å². The highest BCUT2D eigenvalue weighted by Crippen LogP contribution is 2.06. The summed E-state index contributed by atoms with van der Waals surface area (Å²) in [6.45, 7) is 0. The smallest absolute Gasteiger partial charge is 0.168 e. The van der Waals surface area contributed by atoms with Gasteiger partial charge in [-0.25, -0.2) is 4.98 Å². The van der Waals surface area contributed by atoms with Crippen molar-refractivity contribution in [2.24, 2.45) is 0 Å². The summed E-state index contributed by atoms with van der Waals surface area (Å²) in [4.78, 5) is 14.0. The van der Waals surface area contributed by atoms with Gasteiger partial charge < -0.3 is 0 Å². The maximum Gasteiger partial charge on any atom is 0.168 e. The molecule has 0 atom stereocenters. The maximum absolute atomic E-state index is 10.3. The largest absolute Gasteiger partial charge is 0.296 e. The van der Waals surface area contributed by atoms with Crippen LogP contribution in [0.5, 0.6) is 0 Å². The van der Waals surface area contributed by atoms with Gasteiger partial charge in [-0.15, -0.1) is 0 Å². The van der Waals surface area contributed by atoms with E-state index in [9.17, 15) is 4.79 Å². The number of nitrogens with zero attached hydrogens (tertiary/aromatic N) is 2. The van der Waals surface area contributed by atoms with Gasteiger partial charge in [0, 0.05) is 3.57 Å². The van der Waals surface area contributed by atoms with Gasteiger partial charge in [-0.3, -0.25) is 4.79 Å². The number of halogens is 1. The molecule has 1 aromatic rings. The Labute approximate surface area is 77.2 Å². The first-order chi connectivity index (χ1) is 5.26. The number of nitriles is 1. The van der Waals surface area contributed by atoms with E-state index in [0.29, 0.717) is 12.0 Å². The van der Waals surface area contributed by atoms with E-state index in [2.05, 4.69) is 4.98 Å². The molecule has 0 saturated heterocycles. The van der Waals surface area contributed by atoms with Crippen LogP contribution in [-0.2, 0) is 0 Å². The number of aldehydes is 1. The van der Waals surface area contributed by atoms with Gasteiger partial charge in [0.2, 0.25) is 0 Å². The number of rotatable bonds is 1. The SMILES string of the molecule is N#Cc1cc(I)cc(C=O)n1. The zero-order chi connectivity index (χ0) is 8.27. The second-order valence-corrected chi connectivity index (χ2v) is 3.07. The molecule has 0 saturated carbocycles. The molecule has 0 N–H and O–H groups in total. The molecule has 1 rings (SSSR count). The van der Waals surface area contributed by atoms with Crippen molar-refractivity contribution in [3.8, 4) is 6.07 Å². The summed E-state index contributed by atoms with van der Waals surface area (Å²) < 4.78 is 0.844. The first kappa shape index (κ1) is 8.14. The van der Waals surface area contributed by atoms with E-state index in [1.165, 1.54) is 0 Å². The topological polar surface area (TPSA) is 53.8 Å². The third-order valence-electron chi connectivity index (χ3n) is 1.05. The Hall–Kier alpha value is -0.960. The lowest BCUT2D eigenvalue weighted by atomic mass is 10.3. The normalized spacial score (nSPS) is 8.73. The minimum absolute atomic E-state index is 0.277. The van der Waals surface area contributed by atoms with Crippen LogP contribution in [0, 0.1) is 14.9 Å². The maximum atomic E-state index is 10.3. The van der Waals surface area contributed by atoms with Gasteiger partial charge in [-0.05, 0) is 34.7 Å².